The van der Waals surface area contributed by atoms with E-state index in [1.54, 1.807) is 0 Å². The van der Waals surface area contributed by atoms with Gasteiger partial charge in [-0.05, 0) is 69.5 Å². The first kappa shape index (κ1) is 22.3. The van der Waals surface area contributed by atoms with Gasteiger partial charge in [-0.15, -0.1) is 11.3 Å². The topological polar surface area (TPSA) is 69.7 Å². The van der Waals surface area contributed by atoms with Gasteiger partial charge in [0, 0.05) is 12.2 Å². The van der Waals surface area contributed by atoms with Crippen LogP contribution in [0.4, 0.5) is 5.69 Å². The normalized spacial score (nSPS) is 15.9. The van der Waals surface area contributed by atoms with Crippen LogP contribution in [0.5, 0.6) is 11.5 Å². The highest BCUT2D eigenvalue weighted by Gasteiger charge is 2.19. The van der Waals surface area contributed by atoms with E-state index in [2.05, 4.69) is 10.3 Å². The van der Waals surface area contributed by atoms with Crippen molar-refractivity contribution >= 4 is 22.9 Å². The molecule has 2 heterocycles. The SMILES string of the molecule is CCOc1ccc(-c2nc(C)c(C(=O)Nc3ccccc3OCC3CCCCO3)s2)cc1. The van der Waals surface area contributed by atoms with Gasteiger partial charge in [-0.3, -0.25) is 4.79 Å². The van der Waals surface area contributed by atoms with Crippen molar-refractivity contribution in [3.8, 4) is 22.1 Å². The van der Waals surface area contributed by atoms with Gasteiger partial charge in [0.25, 0.3) is 5.91 Å². The zero-order valence-electron chi connectivity index (χ0n) is 18.4. The highest BCUT2D eigenvalue weighted by atomic mass is 32.1. The lowest BCUT2D eigenvalue weighted by Gasteiger charge is -2.23. The highest BCUT2D eigenvalue weighted by molar-refractivity contribution is 7.17. The molecule has 2 aromatic carbocycles. The van der Waals surface area contributed by atoms with Crippen molar-refractivity contribution < 1.29 is 19.0 Å². The molecule has 1 aliphatic rings. The summed E-state index contributed by atoms with van der Waals surface area (Å²) in [7, 11) is 0. The number of aromatic nitrogens is 1. The number of carbonyl (C=O) groups is 1. The van der Waals surface area contributed by atoms with Crippen LogP contribution >= 0.6 is 11.3 Å². The number of hydrogen-bond acceptors (Lipinski definition) is 6. The Morgan fingerprint density at radius 2 is 1.97 bits per heavy atom. The molecule has 0 spiro atoms. The van der Waals surface area contributed by atoms with Crippen LogP contribution in [0.3, 0.4) is 0 Å². The number of para-hydroxylation sites is 2. The molecule has 0 saturated carbocycles. The van der Waals surface area contributed by atoms with Crippen LogP contribution in [0.25, 0.3) is 10.6 Å². The second kappa shape index (κ2) is 10.6. The Kier molecular flexibility index (Phi) is 7.39. The second-order valence-electron chi connectivity index (χ2n) is 7.64. The highest BCUT2D eigenvalue weighted by Crippen LogP contribution is 2.31. The molecule has 1 unspecified atom stereocenters. The smallest absolute Gasteiger partial charge is 0.267 e. The van der Waals surface area contributed by atoms with Crippen molar-refractivity contribution in [2.45, 2.75) is 39.2 Å². The number of anilines is 1. The van der Waals surface area contributed by atoms with E-state index in [0.29, 0.717) is 35.2 Å². The maximum Gasteiger partial charge on any atom is 0.267 e. The zero-order valence-corrected chi connectivity index (χ0v) is 19.2. The fraction of sp³-hybridized carbons (Fsp3) is 0.360. The molecule has 1 aromatic heterocycles. The summed E-state index contributed by atoms with van der Waals surface area (Å²) in [6.07, 6.45) is 3.38. The molecule has 1 amide bonds. The van der Waals surface area contributed by atoms with Gasteiger partial charge in [0.2, 0.25) is 0 Å². The van der Waals surface area contributed by atoms with Gasteiger partial charge in [0.1, 0.15) is 28.0 Å². The predicted molar refractivity (Wildman–Crippen MR) is 127 cm³/mol. The number of nitrogens with one attached hydrogen (secondary N) is 1. The van der Waals surface area contributed by atoms with Crippen molar-refractivity contribution in [3.63, 3.8) is 0 Å². The lowest BCUT2D eigenvalue weighted by molar-refractivity contribution is -0.0109. The van der Waals surface area contributed by atoms with Gasteiger partial charge in [-0.25, -0.2) is 4.98 Å². The summed E-state index contributed by atoms with van der Waals surface area (Å²) in [5.74, 6) is 1.27. The molecule has 3 aromatic rings. The van der Waals surface area contributed by atoms with Crippen molar-refractivity contribution in [1.82, 2.24) is 4.98 Å². The number of hydrogen-bond donors (Lipinski definition) is 1. The van der Waals surface area contributed by atoms with Crippen LogP contribution < -0.4 is 14.8 Å². The maximum atomic E-state index is 13.0. The number of rotatable bonds is 8. The molecule has 1 atom stereocenters. The molecule has 1 fully saturated rings. The average molecular weight is 453 g/mol. The van der Waals surface area contributed by atoms with Crippen LogP contribution in [0.2, 0.25) is 0 Å². The van der Waals surface area contributed by atoms with E-state index in [1.165, 1.54) is 11.3 Å². The lowest BCUT2D eigenvalue weighted by Crippen LogP contribution is -2.26. The Bertz CT molecular complexity index is 1040. The lowest BCUT2D eigenvalue weighted by atomic mass is 10.1. The monoisotopic (exact) mass is 452 g/mol. The third kappa shape index (κ3) is 5.47. The van der Waals surface area contributed by atoms with E-state index < -0.39 is 0 Å². The summed E-state index contributed by atoms with van der Waals surface area (Å²) < 4.78 is 17.2. The number of ether oxygens (including phenoxy) is 3. The molecule has 6 nitrogen and oxygen atoms in total. The van der Waals surface area contributed by atoms with Gasteiger partial charge >= 0.3 is 0 Å². The van der Waals surface area contributed by atoms with Gasteiger partial charge in [0.15, 0.2) is 0 Å². The maximum absolute atomic E-state index is 13.0. The van der Waals surface area contributed by atoms with Gasteiger partial charge in [-0.1, -0.05) is 12.1 Å². The summed E-state index contributed by atoms with van der Waals surface area (Å²) in [4.78, 5) is 18.2. The van der Waals surface area contributed by atoms with Crippen molar-refractivity contribution in [3.05, 3.63) is 59.1 Å². The quantitative estimate of drug-likeness (QED) is 0.474. The molecule has 0 bridgehead atoms. The third-order valence-electron chi connectivity index (χ3n) is 5.25. The van der Waals surface area contributed by atoms with Gasteiger partial charge < -0.3 is 19.5 Å². The van der Waals surface area contributed by atoms with E-state index in [0.717, 1.165) is 42.2 Å². The number of thiazole rings is 1. The van der Waals surface area contributed by atoms with E-state index in [1.807, 2.05) is 62.4 Å². The molecule has 1 aliphatic heterocycles. The van der Waals surface area contributed by atoms with Crippen molar-refractivity contribution in [2.75, 3.05) is 25.1 Å². The Morgan fingerprint density at radius 1 is 1.16 bits per heavy atom. The summed E-state index contributed by atoms with van der Waals surface area (Å²) in [5.41, 5.74) is 2.30. The minimum atomic E-state index is -0.192. The van der Waals surface area contributed by atoms with Crippen LogP contribution in [-0.4, -0.2) is 36.8 Å². The Hall–Kier alpha value is -2.90. The first-order valence-electron chi connectivity index (χ1n) is 11.0. The first-order chi connectivity index (χ1) is 15.6. The number of nitrogens with zero attached hydrogens (tertiary/aromatic N) is 1. The number of aryl methyl sites for hydroxylation is 1. The molecule has 4 rings (SSSR count). The van der Waals surface area contributed by atoms with E-state index in [-0.39, 0.29) is 12.0 Å². The summed E-state index contributed by atoms with van der Waals surface area (Å²) in [6, 6.07) is 15.2. The zero-order chi connectivity index (χ0) is 22.3. The molecular formula is C25H28N2O4S. The number of benzene rings is 2. The van der Waals surface area contributed by atoms with E-state index >= 15 is 0 Å². The minimum absolute atomic E-state index is 0.105. The van der Waals surface area contributed by atoms with Crippen LogP contribution in [0, 0.1) is 6.92 Å². The standard InChI is InChI=1S/C25H28N2O4S/c1-3-29-19-13-11-18(12-14-19)25-26-17(2)23(32-25)24(28)27-21-9-4-5-10-22(21)31-16-20-8-6-7-15-30-20/h4-5,9-14,20H,3,6-8,15-16H2,1-2H3,(H,27,28). The van der Waals surface area contributed by atoms with Crippen LogP contribution in [0.15, 0.2) is 48.5 Å². The molecule has 168 valence electrons. The average Bonchev–Trinajstić information content (AvgIpc) is 3.21. The molecule has 32 heavy (non-hydrogen) atoms. The fourth-order valence-corrected chi connectivity index (χ4v) is 4.55. The molecule has 1 N–H and O–H groups in total. The second-order valence-corrected chi connectivity index (χ2v) is 8.64. The first-order valence-corrected chi connectivity index (χ1v) is 11.8. The van der Waals surface area contributed by atoms with Gasteiger partial charge in [0.05, 0.1) is 24.1 Å². The summed E-state index contributed by atoms with van der Waals surface area (Å²) >= 11 is 1.38. The largest absolute Gasteiger partial charge is 0.494 e. The molecule has 1 saturated heterocycles. The van der Waals surface area contributed by atoms with Crippen molar-refractivity contribution in [2.24, 2.45) is 0 Å². The summed E-state index contributed by atoms with van der Waals surface area (Å²) in [5, 5.41) is 3.79. The Balaban J connectivity index is 1.45. The minimum Gasteiger partial charge on any atom is -0.494 e. The fourth-order valence-electron chi connectivity index (χ4n) is 3.59. The number of amides is 1. The molecule has 7 heteroatoms. The van der Waals surface area contributed by atoms with Crippen LogP contribution in [-0.2, 0) is 4.74 Å². The predicted octanol–water partition coefficient (Wildman–Crippen LogP) is 5.72. The molecule has 0 radical (unpaired) electrons. The summed E-state index contributed by atoms with van der Waals surface area (Å²) in [6.45, 7) is 5.70. The van der Waals surface area contributed by atoms with E-state index in [9.17, 15) is 4.79 Å². The van der Waals surface area contributed by atoms with E-state index in [4.69, 9.17) is 14.2 Å². The third-order valence-corrected chi connectivity index (χ3v) is 6.45. The number of carbonyl (C=O) groups excluding carboxylic acids is 1. The Labute approximate surface area is 192 Å². The molecule has 0 aliphatic carbocycles. The van der Waals surface area contributed by atoms with Gasteiger partial charge in [-0.2, -0.15) is 0 Å². The molecular weight excluding hydrogens is 424 g/mol. The Morgan fingerprint density at radius 3 is 2.72 bits per heavy atom. The van der Waals surface area contributed by atoms with Crippen LogP contribution in [0.1, 0.15) is 41.6 Å². The van der Waals surface area contributed by atoms with Crippen molar-refractivity contribution in [1.29, 1.82) is 0 Å².